The number of hydrogen-bond acceptors (Lipinski definition) is 5. The molecule has 0 saturated heterocycles. The molecule has 1 aromatic carbocycles. The molecule has 1 aliphatic heterocycles. The van der Waals surface area contributed by atoms with Crippen LogP contribution in [0.4, 0.5) is 9.59 Å². The van der Waals surface area contributed by atoms with Crippen LogP contribution in [0.2, 0.25) is 0 Å². The molecule has 0 radical (unpaired) electrons. The van der Waals surface area contributed by atoms with E-state index in [1.807, 2.05) is 6.07 Å². The first-order chi connectivity index (χ1) is 10.6. The standard InChI is InChI=1S/C13H13N7O2/c1-9-8-20(13(22)18-16-9)19-12(21)17-15-7-11-5-3-2-4-10(11)6-14/h2-5,7H,8H2,1H3,(H,18,22)(H2,17,19,21)/b15-7+. The lowest BCUT2D eigenvalue weighted by Crippen LogP contribution is -2.55. The minimum atomic E-state index is -0.685. The number of hydrogen-bond donors (Lipinski definition) is 3. The summed E-state index contributed by atoms with van der Waals surface area (Å²) in [4.78, 5) is 23.1. The van der Waals surface area contributed by atoms with Gasteiger partial charge in [-0.2, -0.15) is 15.5 Å². The Kier molecular flexibility index (Phi) is 4.66. The third-order valence-corrected chi connectivity index (χ3v) is 2.66. The minimum absolute atomic E-state index is 0.181. The van der Waals surface area contributed by atoms with Crippen LogP contribution in [0.1, 0.15) is 18.1 Å². The number of amides is 4. The van der Waals surface area contributed by atoms with Gasteiger partial charge in [-0.05, 0) is 13.0 Å². The normalized spacial score (nSPS) is 14.1. The molecule has 1 heterocycles. The highest BCUT2D eigenvalue weighted by atomic mass is 16.2. The molecular weight excluding hydrogens is 286 g/mol. The Bertz CT molecular complexity index is 690. The summed E-state index contributed by atoms with van der Waals surface area (Å²) >= 11 is 0. The molecule has 0 spiro atoms. The molecule has 9 nitrogen and oxygen atoms in total. The molecule has 0 aliphatic carbocycles. The van der Waals surface area contributed by atoms with Crippen molar-refractivity contribution in [1.82, 2.24) is 21.3 Å². The van der Waals surface area contributed by atoms with Crippen LogP contribution in [-0.2, 0) is 0 Å². The van der Waals surface area contributed by atoms with Crippen LogP contribution in [0.3, 0.4) is 0 Å². The van der Waals surface area contributed by atoms with E-state index in [0.29, 0.717) is 16.8 Å². The number of carbonyl (C=O) groups is 2. The molecule has 0 fully saturated rings. The first kappa shape index (κ1) is 15.0. The van der Waals surface area contributed by atoms with E-state index in [0.717, 1.165) is 5.01 Å². The van der Waals surface area contributed by atoms with Gasteiger partial charge in [-0.1, -0.05) is 18.2 Å². The lowest BCUT2D eigenvalue weighted by Gasteiger charge is -2.25. The number of nitrogens with zero attached hydrogens (tertiary/aromatic N) is 4. The van der Waals surface area contributed by atoms with Crippen LogP contribution >= 0.6 is 0 Å². The van der Waals surface area contributed by atoms with Gasteiger partial charge in [0.2, 0.25) is 0 Å². The van der Waals surface area contributed by atoms with E-state index in [1.165, 1.54) is 6.21 Å². The second-order valence-corrected chi connectivity index (χ2v) is 4.36. The number of hydrazine groups is 1. The average Bonchev–Trinajstić information content (AvgIpc) is 2.51. The summed E-state index contributed by atoms with van der Waals surface area (Å²) in [6.07, 6.45) is 1.35. The smallest absolute Gasteiger partial charge is 0.245 e. The van der Waals surface area contributed by atoms with E-state index >= 15 is 0 Å². The highest BCUT2D eigenvalue weighted by molar-refractivity contribution is 5.92. The van der Waals surface area contributed by atoms with Gasteiger partial charge < -0.3 is 0 Å². The zero-order valence-corrected chi connectivity index (χ0v) is 11.7. The zero-order valence-electron chi connectivity index (χ0n) is 11.7. The minimum Gasteiger partial charge on any atom is -0.245 e. The predicted molar refractivity (Wildman–Crippen MR) is 78.8 cm³/mol. The van der Waals surface area contributed by atoms with Gasteiger partial charge in [-0.15, -0.1) is 0 Å². The lowest BCUT2D eigenvalue weighted by molar-refractivity contribution is 0.173. The summed E-state index contributed by atoms with van der Waals surface area (Å²) < 4.78 is 0. The van der Waals surface area contributed by atoms with E-state index in [-0.39, 0.29) is 6.54 Å². The molecule has 1 aliphatic rings. The van der Waals surface area contributed by atoms with Gasteiger partial charge in [0, 0.05) is 5.56 Å². The van der Waals surface area contributed by atoms with E-state index in [2.05, 4.69) is 26.5 Å². The van der Waals surface area contributed by atoms with Crippen LogP contribution in [0.25, 0.3) is 0 Å². The van der Waals surface area contributed by atoms with Crippen molar-refractivity contribution in [2.75, 3.05) is 6.54 Å². The summed E-state index contributed by atoms with van der Waals surface area (Å²) in [6, 6.07) is 7.61. The van der Waals surface area contributed by atoms with Crippen molar-refractivity contribution in [2.45, 2.75) is 6.92 Å². The summed E-state index contributed by atoms with van der Waals surface area (Å²) in [5.41, 5.74) is 8.44. The number of nitrogens with one attached hydrogen (secondary N) is 3. The van der Waals surface area contributed by atoms with Crippen molar-refractivity contribution in [1.29, 1.82) is 5.26 Å². The molecule has 0 atom stereocenters. The Balaban J connectivity index is 1.90. The predicted octanol–water partition coefficient (Wildman–Crippen LogP) is 0.507. The molecule has 0 bridgehead atoms. The number of carbonyl (C=O) groups excluding carboxylic acids is 2. The SMILES string of the molecule is CC1=NNC(=O)N(NC(=O)N/N=C/c2ccccc2C#N)C1. The molecule has 3 N–H and O–H groups in total. The Morgan fingerprint density at radius 2 is 2.32 bits per heavy atom. The monoisotopic (exact) mass is 299 g/mol. The Morgan fingerprint density at radius 3 is 3.09 bits per heavy atom. The van der Waals surface area contributed by atoms with Crippen molar-refractivity contribution < 1.29 is 9.59 Å². The largest absolute Gasteiger partial charge is 0.356 e. The van der Waals surface area contributed by atoms with Crippen LogP contribution < -0.4 is 16.3 Å². The van der Waals surface area contributed by atoms with Gasteiger partial charge in [0.1, 0.15) is 0 Å². The maximum absolute atomic E-state index is 11.6. The summed E-state index contributed by atoms with van der Waals surface area (Å²) in [5.74, 6) is 0. The van der Waals surface area contributed by atoms with Crippen LogP contribution in [0.15, 0.2) is 34.5 Å². The van der Waals surface area contributed by atoms with Crippen molar-refractivity contribution >= 4 is 24.0 Å². The van der Waals surface area contributed by atoms with Crippen molar-refractivity contribution in [3.63, 3.8) is 0 Å². The molecule has 1 aromatic rings. The molecule has 0 saturated carbocycles. The fraction of sp³-hybridized carbons (Fsp3) is 0.154. The Morgan fingerprint density at radius 1 is 1.55 bits per heavy atom. The second-order valence-electron chi connectivity index (χ2n) is 4.36. The maximum atomic E-state index is 11.6. The number of urea groups is 2. The van der Waals surface area contributed by atoms with E-state index < -0.39 is 12.1 Å². The topological polar surface area (TPSA) is 122 Å². The van der Waals surface area contributed by atoms with Crippen LogP contribution in [0, 0.1) is 11.3 Å². The first-order valence-corrected chi connectivity index (χ1v) is 6.29. The van der Waals surface area contributed by atoms with E-state index in [4.69, 9.17) is 5.26 Å². The molecular formula is C13H13N7O2. The van der Waals surface area contributed by atoms with Gasteiger partial charge >= 0.3 is 12.1 Å². The third kappa shape index (κ3) is 3.80. The van der Waals surface area contributed by atoms with Crippen molar-refractivity contribution in [2.24, 2.45) is 10.2 Å². The molecule has 112 valence electrons. The fourth-order valence-corrected chi connectivity index (χ4v) is 1.65. The number of rotatable bonds is 3. The Labute approximate surface area is 126 Å². The van der Waals surface area contributed by atoms with Gasteiger partial charge in [-0.25, -0.2) is 30.9 Å². The zero-order chi connectivity index (χ0) is 15.9. The van der Waals surface area contributed by atoms with Crippen molar-refractivity contribution in [3.05, 3.63) is 35.4 Å². The number of hydrazone groups is 2. The quantitative estimate of drug-likeness (QED) is 0.556. The lowest BCUT2D eigenvalue weighted by atomic mass is 10.1. The summed E-state index contributed by atoms with van der Waals surface area (Å²) in [7, 11) is 0. The van der Waals surface area contributed by atoms with Crippen LogP contribution in [-0.4, -0.2) is 35.5 Å². The van der Waals surface area contributed by atoms with Gasteiger partial charge in [-0.3, -0.25) is 0 Å². The van der Waals surface area contributed by atoms with E-state index in [9.17, 15) is 9.59 Å². The summed E-state index contributed by atoms with van der Waals surface area (Å²) in [6.45, 7) is 1.89. The van der Waals surface area contributed by atoms with E-state index in [1.54, 1.807) is 31.2 Å². The number of nitriles is 1. The fourth-order valence-electron chi connectivity index (χ4n) is 1.65. The highest BCUT2D eigenvalue weighted by Gasteiger charge is 2.20. The molecule has 0 aromatic heterocycles. The van der Waals surface area contributed by atoms with Crippen molar-refractivity contribution in [3.8, 4) is 6.07 Å². The maximum Gasteiger partial charge on any atom is 0.356 e. The first-order valence-electron chi connectivity index (χ1n) is 6.29. The average molecular weight is 299 g/mol. The Hall–Kier alpha value is -3.41. The van der Waals surface area contributed by atoms with Gasteiger partial charge in [0.15, 0.2) is 0 Å². The molecule has 0 unspecified atom stereocenters. The third-order valence-electron chi connectivity index (χ3n) is 2.66. The van der Waals surface area contributed by atoms with Gasteiger partial charge in [0.25, 0.3) is 0 Å². The molecule has 22 heavy (non-hydrogen) atoms. The molecule has 2 rings (SSSR count). The van der Waals surface area contributed by atoms with Gasteiger partial charge in [0.05, 0.1) is 30.1 Å². The number of benzene rings is 1. The second kappa shape index (κ2) is 6.85. The molecule has 4 amide bonds. The highest BCUT2D eigenvalue weighted by Crippen LogP contribution is 2.03. The van der Waals surface area contributed by atoms with Crippen LogP contribution in [0.5, 0.6) is 0 Å². The summed E-state index contributed by atoms with van der Waals surface area (Å²) in [5, 5.41) is 17.5. The molecule has 9 heteroatoms.